The van der Waals surface area contributed by atoms with Crippen LogP contribution < -0.4 is 5.11 Å². The maximum Gasteiger partial charge on any atom is 0.129 e. The molecule has 4 heteroatoms. The number of quaternary nitrogens is 1. The van der Waals surface area contributed by atoms with E-state index in [0.717, 1.165) is 19.3 Å². The van der Waals surface area contributed by atoms with Crippen LogP contribution in [0.25, 0.3) is 0 Å². The first-order chi connectivity index (χ1) is 8.35. The molecule has 2 unspecified atom stereocenters. The molecule has 2 atom stereocenters. The Balaban J connectivity index is 4.17. The molecule has 0 aromatic heterocycles. The first-order valence-corrected chi connectivity index (χ1v) is 7.06. The highest BCUT2D eigenvalue weighted by atomic mass is 16.4. The number of carboxylic acids is 1. The van der Waals surface area contributed by atoms with Crippen molar-refractivity contribution >= 4 is 5.97 Å². The Bertz CT molecular complexity index is 241. The zero-order valence-corrected chi connectivity index (χ0v) is 12.3. The number of aliphatic hydroxyl groups is 1. The lowest BCUT2D eigenvalue weighted by Crippen LogP contribution is -2.59. The third kappa shape index (κ3) is 6.36. The van der Waals surface area contributed by atoms with Gasteiger partial charge < -0.3 is 19.5 Å². The van der Waals surface area contributed by atoms with Crippen LogP contribution in [0.1, 0.15) is 52.4 Å². The minimum atomic E-state index is -1.03. The quantitative estimate of drug-likeness (QED) is 0.469. The smallest absolute Gasteiger partial charge is 0.129 e. The van der Waals surface area contributed by atoms with Gasteiger partial charge >= 0.3 is 0 Å². The minimum absolute atomic E-state index is 0.285. The fourth-order valence-electron chi connectivity index (χ4n) is 2.51. The molecule has 0 saturated heterocycles. The Labute approximate surface area is 111 Å². The summed E-state index contributed by atoms with van der Waals surface area (Å²) in [6.45, 7) is 4.47. The molecule has 0 aliphatic carbocycles. The summed E-state index contributed by atoms with van der Waals surface area (Å²) in [5, 5.41) is 21.0. The predicted molar refractivity (Wildman–Crippen MR) is 70.8 cm³/mol. The molecule has 0 heterocycles. The van der Waals surface area contributed by atoms with Gasteiger partial charge in [-0.25, -0.2) is 0 Å². The fourth-order valence-corrected chi connectivity index (χ4v) is 2.51. The number of carbonyl (C=O) groups is 1. The number of carbonyl (C=O) groups excluding carboxylic acids is 1. The zero-order chi connectivity index (χ0) is 14.2. The molecule has 4 nitrogen and oxygen atoms in total. The largest absolute Gasteiger partial charge is 0.544 e. The van der Waals surface area contributed by atoms with Crippen LogP contribution in [0.15, 0.2) is 0 Å². The van der Waals surface area contributed by atoms with Gasteiger partial charge in [0.15, 0.2) is 0 Å². The van der Waals surface area contributed by atoms with Crippen molar-refractivity contribution in [3.8, 4) is 0 Å². The van der Waals surface area contributed by atoms with Crippen molar-refractivity contribution < 1.29 is 19.5 Å². The van der Waals surface area contributed by atoms with Crippen molar-refractivity contribution in [1.29, 1.82) is 0 Å². The third-order valence-electron chi connectivity index (χ3n) is 3.57. The number of likely N-dealkylation sites (N-methyl/N-ethyl adjacent to an activating group) is 1. The van der Waals surface area contributed by atoms with Gasteiger partial charge in [0.1, 0.15) is 18.7 Å². The topological polar surface area (TPSA) is 60.4 Å². The second kappa shape index (κ2) is 8.48. The summed E-state index contributed by atoms with van der Waals surface area (Å²) in [4.78, 5) is 11.0. The molecule has 0 aromatic carbocycles. The SMILES string of the molecule is CCCCCCC(O)C[N+](C)(C)C(CC)C(=O)[O-]. The molecular formula is C14H29NO3. The molecule has 18 heavy (non-hydrogen) atoms. The van der Waals surface area contributed by atoms with Crippen LogP contribution >= 0.6 is 0 Å². The van der Waals surface area contributed by atoms with E-state index in [1.807, 2.05) is 21.0 Å². The lowest BCUT2D eigenvalue weighted by molar-refractivity contribution is -0.911. The van der Waals surface area contributed by atoms with Crippen molar-refractivity contribution in [1.82, 2.24) is 0 Å². The molecule has 0 rings (SSSR count). The molecule has 108 valence electrons. The lowest BCUT2D eigenvalue weighted by Gasteiger charge is -2.39. The Morgan fingerprint density at radius 1 is 1.22 bits per heavy atom. The van der Waals surface area contributed by atoms with E-state index in [0.29, 0.717) is 13.0 Å². The highest BCUT2D eigenvalue weighted by molar-refractivity contribution is 5.69. The number of hydrogen-bond acceptors (Lipinski definition) is 3. The summed E-state index contributed by atoms with van der Waals surface area (Å²) in [6, 6.07) is -0.546. The van der Waals surface area contributed by atoms with Gasteiger partial charge in [-0.1, -0.05) is 39.5 Å². The van der Waals surface area contributed by atoms with Crippen molar-refractivity contribution in [3.05, 3.63) is 0 Å². The van der Waals surface area contributed by atoms with Crippen LogP contribution in [0.4, 0.5) is 0 Å². The summed E-state index contributed by atoms with van der Waals surface area (Å²) in [7, 11) is 3.69. The molecule has 0 aromatic rings. The van der Waals surface area contributed by atoms with Gasteiger partial charge in [0.05, 0.1) is 20.1 Å². The molecule has 0 amide bonds. The molecule has 0 saturated carbocycles. The minimum Gasteiger partial charge on any atom is -0.544 e. The fraction of sp³-hybridized carbons (Fsp3) is 0.929. The highest BCUT2D eigenvalue weighted by Gasteiger charge is 2.30. The van der Waals surface area contributed by atoms with Gasteiger partial charge in [0.25, 0.3) is 0 Å². The van der Waals surface area contributed by atoms with Crippen molar-refractivity contribution in [2.45, 2.75) is 64.5 Å². The van der Waals surface area contributed by atoms with Crippen molar-refractivity contribution in [3.63, 3.8) is 0 Å². The van der Waals surface area contributed by atoms with Gasteiger partial charge in [0, 0.05) is 6.42 Å². The number of aliphatic hydroxyl groups excluding tert-OH is 1. The first-order valence-electron chi connectivity index (χ1n) is 7.06. The molecule has 0 fully saturated rings. The van der Waals surface area contributed by atoms with Gasteiger partial charge in [-0.05, 0) is 6.42 Å². The van der Waals surface area contributed by atoms with Crippen LogP contribution in [0.3, 0.4) is 0 Å². The zero-order valence-electron chi connectivity index (χ0n) is 12.3. The van der Waals surface area contributed by atoms with Crippen LogP contribution in [0.2, 0.25) is 0 Å². The van der Waals surface area contributed by atoms with E-state index in [1.54, 1.807) is 0 Å². The Kier molecular flexibility index (Phi) is 8.20. The first kappa shape index (κ1) is 17.4. The molecular weight excluding hydrogens is 230 g/mol. The van der Waals surface area contributed by atoms with Crippen molar-refractivity contribution in [2.75, 3.05) is 20.6 Å². The van der Waals surface area contributed by atoms with Crippen LogP contribution in [-0.2, 0) is 4.79 Å². The number of unbranched alkanes of at least 4 members (excludes halogenated alkanes) is 3. The highest BCUT2D eigenvalue weighted by Crippen LogP contribution is 2.14. The summed E-state index contributed by atoms with van der Waals surface area (Å²) >= 11 is 0. The Hall–Kier alpha value is -0.610. The molecule has 0 aliphatic heterocycles. The van der Waals surface area contributed by atoms with Crippen LogP contribution in [-0.4, -0.2) is 48.3 Å². The van der Waals surface area contributed by atoms with Gasteiger partial charge in [-0.15, -0.1) is 0 Å². The van der Waals surface area contributed by atoms with Gasteiger partial charge in [0.2, 0.25) is 0 Å². The third-order valence-corrected chi connectivity index (χ3v) is 3.57. The normalized spacial score (nSPS) is 15.4. The van der Waals surface area contributed by atoms with E-state index in [-0.39, 0.29) is 4.48 Å². The molecule has 0 spiro atoms. The van der Waals surface area contributed by atoms with E-state index >= 15 is 0 Å². The summed E-state index contributed by atoms with van der Waals surface area (Å²) < 4.78 is 0.285. The Morgan fingerprint density at radius 3 is 2.28 bits per heavy atom. The van der Waals surface area contributed by atoms with Crippen LogP contribution in [0.5, 0.6) is 0 Å². The second-order valence-electron chi connectivity index (χ2n) is 5.71. The van der Waals surface area contributed by atoms with E-state index in [4.69, 9.17) is 0 Å². The summed E-state index contributed by atoms with van der Waals surface area (Å²) in [5.41, 5.74) is 0. The average molecular weight is 259 g/mol. The van der Waals surface area contributed by atoms with E-state index in [9.17, 15) is 15.0 Å². The standard InChI is InChI=1S/C14H29NO3/c1-5-7-8-9-10-12(16)11-15(3,4)13(6-2)14(17)18/h12-13,16H,5-11H2,1-4H3. The van der Waals surface area contributed by atoms with E-state index in [1.165, 1.54) is 12.8 Å². The number of rotatable bonds is 10. The number of nitrogens with zero attached hydrogens (tertiary/aromatic N) is 1. The Morgan fingerprint density at radius 2 is 1.83 bits per heavy atom. The van der Waals surface area contributed by atoms with Crippen LogP contribution in [0, 0.1) is 0 Å². The lowest BCUT2D eigenvalue weighted by atomic mass is 10.1. The van der Waals surface area contributed by atoms with E-state index < -0.39 is 18.1 Å². The maximum atomic E-state index is 11.0. The molecule has 0 bridgehead atoms. The maximum absolute atomic E-state index is 11.0. The second-order valence-corrected chi connectivity index (χ2v) is 5.71. The summed E-state index contributed by atoms with van der Waals surface area (Å²) in [6.07, 6.45) is 5.38. The number of carboxylic acid groups (broad SMARTS) is 1. The van der Waals surface area contributed by atoms with Crippen molar-refractivity contribution in [2.24, 2.45) is 0 Å². The van der Waals surface area contributed by atoms with E-state index in [2.05, 4.69) is 6.92 Å². The average Bonchev–Trinajstić information content (AvgIpc) is 2.23. The molecule has 1 N–H and O–H groups in total. The summed E-state index contributed by atoms with van der Waals surface area (Å²) in [5.74, 6) is -1.03. The monoisotopic (exact) mass is 259 g/mol. The van der Waals surface area contributed by atoms with Gasteiger partial charge in [-0.3, -0.25) is 0 Å². The predicted octanol–water partition coefficient (Wildman–Crippen LogP) is 0.923. The molecule has 0 aliphatic rings. The molecule has 0 radical (unpaired) electrons. The number of hydrogen-bond donors (Lipinski definition) is 1. The number of aliphatic carboxylic acids is 1. The van der Waals surface area contributed by atoms with Gasteiger partial charge in [-0.2, -0.15) is 0 Å².